The first-order chi connectivity index (χ1) is 15.2. The molecule has 31 heavy (non-hydrogen) atoms. The van der Waals surface area contributed by atoms with E-state index in [-0.39, 0.29) is 5.75 Å². The number of phenols is 1. The first-order valence-corrected chi connectivity index (χ1v) is 9.98. The Morgan fingerprint density at radius 2 is 1.61 bits per heavy atom. The van der Waals surface area contributed by atoms with E-state index in [0.29, 0.717) is 29.6 Å². The Morgan fingerprint density at radius 1 is 0.903 bits per heavy atom. The van der Waals surface area contributed by atoms with Gasteiger partial charge in [0.1, 0.15) is 11.5 Å². The fraction of sp³-hybridized carbons (Fsp3) is 0.0800. The van der Waals surface area contributed by atoms with Crippen molar-refractivity contribution in [2.24, 2.45) is 5.10 Å². The van der Waals surface area contributed by atoms with Gasteiger partial charge < -0.3 is 9.84 Å². The molecule has 0 atom stereocenters. The highest BCUT2D eigenvalue weighted by Gasteiger charge is 2.08. The van der Waals surface area contributed by atoms with Crippen molar-refractivity contribution < 1.29 is 9.84 Å². The zero-order valence-electron chi connectivity index (χ0n) is 17.1. The van der Waals surface area contributed by atoms with E-state index in [1.54, 1.807) is 18.2 Å². The standard InChI is InChI=1S/C25H22N4O2/c1-2-31-21-14-13-20(23(30)15-21)17-26-29-24-16-22(18-9-5-3-6-10-18)27-25(28-24)19-11-7-4-8-12-19/h3-17,30H,2H2,1H3,(H,27,28,29). The van der Waals surface area contributed by atoms with Crippen LogP contribution in [-0.2, 0) is 0 Å². The summed E-state index contributed by atoms with van der Waals surface area (Å²) in [6, 6.07) is 26.7. The molecule has 0 aliphatic rings. The highest BCUT2D eigenvalue weighted by Crippen LogP contribution is 2.25. The Kier molecular flexibility index (Phi) is 6.18. The number of hydrazone groups is 1. The van der Waals surface area contributed by atoms with Gasteiger partial charge in [-0.25, -0.2) is 9.97 Å². The topological polar surface area (TPSA) is 79.6 Å². The first-order valence-electron chi connectivity index (χ1n) is 9.98. The van der Waals surface area contributed by atoms with Gasteiger partial charge >= 0.3 is 0 Å². The summed E-state index contributed by atoms with van der Waals surface area (Å²) in [4.78, 5) is 9.33. The second-order valence-electron chi connectivity index (χ2n) is 6.72. The van der Waals surface area contributed by atoms with Gasteiger partial charge in [-0.3, -0.25) is 5.43 Å². The summed E-state index contributed by atoms with van der Waals surface area (Å²) < 4.78 is 5.39. The largest absolute Gasteiger partial charge is 0.507 e. The summed E-state index contributed by atoms with van der Waals surface area (Å²) in [5.74, 6) is 1.85. The Morgan fingerprint density at radius 3 is 2.29 bits per heavy atom. The van der Waals surface area contributed by atoms with Crippen molar-refractivity contribution in [2.75, 3.05) is 12.0 Å². The van der Waals surface area contributed by atoms with Gasteiger partial charge in [-0.1, -0.05) is 60.7 Å². The van der Waals surface area contributed by atoms with Gasteiger partial charge in [0.05, 0.1) is 18.5 Å². The monoisotopic (exact) mass is 410 g/mol. The summed E-state index contributed by atoms with van der Waals surface area (Å²) in [6.45, 7) is 2.43. The van der Waals surface area contributed by atoms with Crippen molar-refractivity contribution >= 4 is 12.0 Å². The van der Waals surface area contributed by atoms with Crippen LogP contribution in [0.2, 0.25) is 0 Å². The molecule has 0 unspecified atom stereocenters. The van der Waals surface area contributed by atoms with Crippen LogP contribution in [0.1, 0.15) is 12.5 Å². The zero-order valence-corrected chi connectivity index (χ0v) is 17.1. The Hall–Kier alpha value is -4.19. The lowest BCUT2D eigenvalue weighted by atomic mass is 10.1. The molecule has 3 aromatic carbocycles. The third-order valence-corrected chi connectivity index (χ3v) is 4.52. The number of hydrogen-bond donors (Lipinski definition) is 2. The van der Waals surface area contributed by atoms with Crippen LogP contribution >= 0.6 is 0 Å². The zero-order chi connectivity index (χ0) is 21.5. The van der Waals surface area contributed by atoms with Gasteiger partial charge in [0, 0.05) is 28.8 Å². The lowest BCUT2D eigenvalue weighted by Crippen LogP contribution is -1.99. The minimum atomic E-state index is 0.0918. The molecule has 2 N–H and O–H groups in total. The van der Waals surface area contributed by atoms with Crippen LogP contribution in [-0.4, -0.2) is 27.9 Å². The molecule has 0 saturated heterocycles. The minimum Gasteiger partial charge on any atom is -0.507 e. The molecule has 6 nitrogen and oxygen atoms in total. The predicted octanol–water partition coefficient (Wildman–Crippen LogP) is 5.36. The molecule has 0 bridgehead atoms. The van der Waals surface area contributed by atoms with E-state index in [1.807, 2.05) is 73.7 Å². The number of ether oxygens (including phenoxy) is 1. The van der Waals surface area contributed by atoms with Crippen molar-refractivity contribution in [2.45, 2.75) is 6.92 Å². The van der Waals surface area contributed by atoms with Gasteiger partial charge in [-0.2, -0.15) is 5.10 Å². The molecule has 0 aliphatic carbocycles. The average Bonchev–Trinajstić information content (AvgIpc) is 2.82. The number of rotatable bonds is 7. The molecule has 6 heteroatoms. The van der Waals surface area contributed by atoms with Gasteiger partial charge in [-0.15, -0.1) is 0 Å². The first kappa shape index (κ1) is 20.1. The lowest BCUT2D eigenvalue weighted by molar-refractivity contribution is 0.337. The van der Waals surface area contributed by atoms with Crippen molar-refractivity contribution in [1.29, 1.82) is 0 Å². The molecule has 0 saturated carbocycles. The summed E-state index contributed by atoms with van der Waals surface area (Å²) in [5, 5.41) is 14.4. The maximum atomic E-state index is 10.2. The molecule has 0 radical (unpaired) electrons. The van der Waals surface area contributed by atoms with Crippen molar-refractivity contribution in [3.8, 4) is 34.1 Å². The number of phenolic OH excluding ortho intramolecular Hbond substituents is 1. The van der Waals surface area contributed by atoms with E-state index in [4.69, 9.17) is 9.72 Å². The van der Waals surface area contributed by atoms with Crippen LogP contribution in [0.3, 0.4) is 0 Å². The van der Waals surface area contributed by atoms with Crippen LogP contribution in [0.4, 0.5) is 5.82 Å². The van der Waals surface area contributed by atoms with E-state index >= 15 is 0 Å². The SMILES string of the molecule is CCOc1ccc(C=NNc2cc(-c3ccccc3)nc(-c3ccccc3)n2)c(O)c1. The van der Waals surface area contributed by atoms with Crippen molar-refractivity contribution in [3.63, 3.8) is 0 Å². The van der Waals surface area contributed by atoms with Gasteiger partial charge in [0.2, 0.25) is 0 Å². The Bertz CT molecular complexity index is 1120. The second-order valence-corrected chi connectivity index (χ2v) is 6.72. The van der Waals surface area contributed by atoms with Crippen molar-refractivity contribution in [1.82, 2.24) is 9.97 Å². The third-order valence-electron chi connectivity index (χ3n) is 4.52. The van der Waals surface area contributed by atoms with Crippen LogP contribution in [0.5, 0.6) is 11.5 Å². The number of aromatic hydroxyl groups is 1. The number of aromatic nitrogens is 2. The third kappa shape index (κ3) is 5.05. The number of benzene rings is 3. The summed E-state index contributed by atoms with van der Waals surface area (Å²) in [7, 11) is 0. The lowest BCUT2D eigenvalue weighted by Gasteiger charge is -2.08. The average molecular weight is 410 g/mol. The maximum Gasteiger partial charge on any atom is 0.162 e. The molecule has 0 amide bonds. The normalized spacial score (nSPS) is 10.9. The van der Waals surface area contributed by atoms with Crippen molar-refractivity contribution in [3.05, 3.63) is 90.5 Å². The van der Waals surface area contributed by atoms with E-state index < -0.39 is 0 Å². The molecule has 154 valence electrons. The smallest absolute Gasteiger partial charge is 0.162 e. The minimum absolute atomic E-state index is 0.0918. The number of nitrogens with one attached hydrogen (secondary N) is 1. The highest BCUT2D eigenvalue weighted by molar-refractivity contribution is 5.84. The van der Waals surface area contributed by atoms with E-state index in [0.717, 1.165) is 16.8 Å². The molecular weight excluding hydrogens is 388 g/mol. The quantitative estimate of drug-likeness (QED) is 0.317. The second kappa shape index (κ2) is 9.54. The number of nitrogens with zero attached hydrogens (tertiary/aromatic N) is 3. The van der Waals surface area contributed by atoms with Crippen LogP contribution in [0, 0.1) is 0 Å². The highest BCUT2D eigenvalue weighted by atomic mass is 16.5. The molecule has 0 fully saturated rings. The molecular formula is C25H22N4O2. The fourth-order valence-corrected chi connectivity index (χ4v) is 3.03. The number of anilines is 1. The summed E-state index contributed by atoms with van der Waals surface area (Å²) in [6.07, 6.45) is 1.54. The maximum absolute atomic E-state index is 10.2. The molecule has 1 heterocycles. The number of hydrogen-bond acceptors (Lipinski definition) is 6. The van der Waals surface area contributed by atoms with E-state index in [9.17, 15) is 5.11 Å². The summed E-state index contributed by atoms with van der Waals surface area (Å²) in [5.41, 5.74) is 6.21. The van der Waals surface area contributed by atoms with Gasteiger partial charge in [0.25, 0.3) is 0 Å². The Labute approximate surface area is 180 Å². The molecule has 4 rings (SSSR count). The van der Waals surface area contributed by atoms with Gasteiger partial charge in [0.15, 0.2) is 11.6 Å². The molecule has 1 aromatic heterocycles. The predicted molar refractivity (Wildman–Crippen MR) is 123 cm³/mol. The fourth-order valence-electron chi connectivity index (χ4n) is 3.03. The van der Waals surface area contributed by atoms with Crippen LogP contribution < -0.4 is 10.2 Å². The van der Waals surface area contributed by atoms with Crippen LogP contribution in [0.25, 0.3) is 22.6 Å². The molecule has 0 aliphatic heterocycles. The van der Waals surface area contributed by atoms with E-state index in [1.165, 1.54) is 6.21 Å². The van der Waals surface area contributed by atoms with Gasteiger partial charge in [-0.05, 0) is 19.1 Å². The van der Waals surface area contributed by atoms with Crippen LogP contribution in [0.15, 0.2) is 90.0 Å². The summed E-state index contributed by atoms with van der Waals surface area (Å²) >= 11 is 0. The van der Waals surface area contributed by atoms with E-state index in [2.05, 4.69) is 15.5 Å². The molecule has 4 aromatic rings. The molecule has 0 spiro atoms. The Balaban J connectivity index is 1.62.